The Balaban J connectivity index is 1.01. The van der Waals surface area contributed by atoms with Crippen LogP contribution in [-0.4, -0.2) is 24.3 Å². The zero-order valence-corrected chi connectivity index (χ0v) is 29.6. The first-order chi connectivity index (χ1) is 27.2. The van der Waals surface area contributed by atoms with Crippen molar-refractivity contribution in [2.24, 2.45) is 0 Å². The van der Waals surface area contributed by atoms with Crippen molar-refractivity contribution in [2.45, 2.75) is 0 Å². The number of para-hydroxylation sites is 1. The topological polar surface area (TPSA) is 56.0 Å². The molecule has 0 atom stereocenters. The van der Waals surface area contributed by atoms with Crippen LogP contribution in [0, 0.1) is 0 Å². The molecule has 11 rings (SSSR count). The Bertz CT molecular complexity index is 3170. The van der Waals surface area contributed by atoms with Crippen LogP contribution in [0.4, 0.5) is 0 Å². The molecule has 0 aliphatic carbocycles. The van der Waals surface area contributed by atoms with E-state index in [9.17, 15) is 0 Å². The minimum absolute atomic E-state index is 0.683. The molecule has 4 aromatic heterocycles. The number of benzene rings is 7. The summed E-state index contributed by atoms with van der Waals surface area (Å²) in [6.45, 7) is 0. The predicted octanol–water partition coefficient (Wildman–Crippen LogP) is 12.5. The van der Waals surface area contributed by atoms with E-state index in [2.05, 4.69) is 162 Å². The lowest BCUT2D eigenvalue weighted by molar-refractivity contribution is 1.18. The second-order valence-corrected chi connectivity index (χ2v) is 14.0. The molecule has 0 saturated heterocycles. The van der Waals surface area contributed by atoms with Gasteiger partial charge in [-0.25, -0.2) is 19.9 Å². The number of fused-ring (bicyclic) bond motifs is 7. The smallest absolute Gasteiger partial charge is 0.160 e. The third kappa shape index (κ3) is 5.41. The van der Waals surface area contributed by atoms with Gasteiger partial charge in [0.05, 0.1) is 28.1 Å². The van der Waals surface area contributed by atoms with Crippen LogP contribution in [0.5, 0.6) is 0 Å². The van der Waals surface area contributed by atoms with E-state index in [1.807, 2.05) is 30.3 Å². The molecule has 0 amide bonds. The van der Waals surface area contributed by atoms with E-state index in [0.717, 1.165) is 78.0 Å². The quantitative estimate of drug-likeness (QED) is 0.179. The number of aromatic nitrogens is 5. The highest BCUT2D eigenvalue weighted by Crippen LogP contribution is 2.36. The number of imidazole rings is 1. The van der Waals surface area contributed by atoms with Gasteiger partial charge in [-0.3, -0.25) is 4.40 Å². The first-order valence-electron chi connectivity index (χ1n) is 18.5. The van der Waals surface area contributed by atoms with Crippen molar-refractivity contribution < 1.29 is 0 Å². The number of nitrogens with zero attached hydrogens (tertiary/aromatic N) is 5. The number of pyridine rings is 2. The highest BCUT2D eigenvalue weighted by molar-refractivity contribution is 6.09. The largest absolute Gasteiger partial charge is 0.298 e. The molecular weight excluding hydrogens is 671 g/mol. The molecular formula is C50H31N5. The van der Waals surface area contributed by atoms with Gasteiger partial charge in [0, 0.05) is 33.8 Å². The van der Waals surface area contributed by atoms with Gasteiger partial charge in [0.2, 0.25) is 0 Å². The highest BCUT2D eigenvalue weighted by atomic mass is 15.0. The summed E-state index contributed by atoms with van der Waals surface area (Å²) in [7, 11) is 0. The molecule has 0 aliphatic heterocycles. The van der Waals surface area contributed by atoms with E-state index in [-0.39, 0.29) is 0 Å². The minimum Gasteiger partial charge on any atom is -0.298 e. The fourth-order valence-corrected chi connectivity index (χ4v) is 7.78. The molecule has 0 unspecified atom stereocenters. The average Bonchev–Trinajstić information content (AvgIpc) is 3.66. The summed E-state index contributed by atoms with van der Waals surface area (Å²) in [6, 6.07) is 63.6. The van der Waals surface area contributed by atoms with E-state index in [0.29, 0.717) is 5.82 Å². The number of hydrogen-bond donors (Lipinski definition) is 0. The van der Waals surface area contributed by atoms with Crippen LogP contribution >= 0.6 is 0 Å². The van der Waals surface area contributed by atoms with Crippen LogP contribution in [-0.2, 0) is 0 Å². The van der Waals surface area contributed by atoms with Gasteiger partial charge in [-0.2, -0.15) is 0 Å². The summed E-state index contributed by atoms with van der Waals surface area (Å²) in [5.74, 6) is 0.683. The lowest BCUT2D eigenvalue weighted by atomic mass is 9.99. The van der Waals surface area contributed by atoms with Crippen molar-refractivity contribution >= 4 is 49.1 Å². The maximum atomic E-state index is 5.20. The fraction of sp³-hybridized carbons (Fsp3) is 0. The second kappa shape index (κ2) is 12.6. The molecule has 5 nitrogen and oxygen atoms in total. The first kappa shape index (κ1) is 31.1. The van der Waals surface area contributed by atoms with E-state index >= 15 is 0 Å². The maximum absolute atomic E-state index is 5.20. The molecule has 0 N–H and O–H groups in total. The van der Waals surface area contributed by atoms with E-state index in [1.165, 1.54) is 21.5 Å². The Labute approximate surface area is 316 Å². The van der Waals surface area contributed by atoms with E-state index in [1.54, 1.807) is 0 Å². The Morgan fingerprint density at radius 2 is 0.964 bits per heavy atom. The standard InChI is InChI=1S/C50H31N5/c1-3-12-36-28-39(25-21-32(36)10-1)44-31-45(40-26-22-33-11-2-4-13-37(33)29-40)53-50(52-44)41-15-9-14-38(30-41)34-19-23-35(24-20-34)47-49-48(42-16-5-6-17-43(42)51-47)54-46-18-7-8-27-55(46)49/h1-31H. The molecule has 256 valence electrons. The summed E-state index contributed by atoms with van der Waals surface area (Å²) >= 11 is 0. The molecule has 0 saturated carbocycles. The van der Waals surface area contributed by atoms with Crippen molar-refractivity contribution in [2.75, 3.05) is 0 Å². The molecule has 55 heavy (non-hydrogen) atoms. The van der Waals surface area contributed by atoms with Crippen LogP contribution in [0.15, 0.2) is 188 Å². The minimum atomic E-state index is 0.683. The lowest BCUT2D eigenvalue weighted by Gasteiger charge is -2.12. The average molecular weight is 702 g/mol. The van der Waals surface area contributed by atoms with Crippen molar-refractivity contribution in [3.05, 3.63) is 188 Å². The lowest BCUT2D eigenvalue weighted by Crippen LogP contribution is -1.96. The SMILES string of the molecule is c1cc(-c2ccc(-c3nc4ccccc4c4nc5ccccn5c34)cc2)cc(-c2nc(-c3ccc4ccccc4c3)cc(-c3ccc4ccccc4c3)n2)c1. The van der Waals surface area contributed by atoms with Crippen LogP contribution < -0.4 is 0 Å². The van der Waals surface area contributed by atoms with Crippen LogP contribution in [0.25, 0.3) is 105 Å². The van der Waals surface area contributed by atoms with Gasteiger partial charge in [0.1, 0.15) is 11.2 Å². The van der Waals surface area contributed by atoms with Crippen LogP contribution in [0.3, 0.4) is 0 Å². The third-order valence-electron chi connectivity index (χ3n) is 10.6. The third-order valence-corrected chi connectivity index (χ3v) is 10.6. The highest BCUT2D eigenvalue weighted by Gasteiger charge is 2.17. The Hall–Kier alpha value is -7.50. The number of rotatable bonds is 5. The molecule has 0 spiro atoms. The molecule has 11 aromatic rings. The van der Waals surface area contributed by atoms with E-state index in [4.69, 9.17) is 19.9 Å². The van der Waals surface area contributed by atoms with Gasteiger partial charge in [-0.05, 0) is 75.1 Å². The van der Waals surface area contributed by atoms with Crippen molar-refractivity contribution in [1.29, 1.82) is 0 Å². The van der Waals surface area contributed by atoms with Crippen molar-refractivity contribution in [1.82, 2.24) is 24.3 Å². The summed E-state index contributed by atoms with van der Waals surface area (Å²) < 4.78 is 2.14. The zero-order valence-electron chi connectivity index (χ0n) is 29.6. The summed E-state index contributed by atoms with van der Waals surface area (Å²) in [5, 5.41) is 5.81. The van der Waals surface area contributed by atoms with Gasteiger partial charge >= 0.3 is 0 Å². The molecule has 0 radical (unpaired) electrons. The maximum Gasteiger partial charge on any atom is 0.160 e. The van der Waals surface area contributed by atoms with Crippen molar-refractivity contribution in [3.63, 3.8) is 0 Å². The van der Waals surface area contributed by atoms with Crippen molar-refractivity contribution in [3.8, 4) is 56.3 Å². The fourth-order valence-electron chi connectivity index (χ4n) is 7.78. The van der Waals surface area contributed by atoms with Gasteiger partial charge in [0.15, 0.2) is 5.82 Å². The molecule has 0 aliphatic rings. The van der Waals surface area contributed by atoms with Crippen LogP contribution in [0.1, 0.15) is 0 Å². The molecule has 0 bridgehead atoms. The molecule has 0 fully saturated rings. The number of hydrogen-bond acceptors (Lipinski definition) is 4. The van der Waals surface area contributed by atoms with Gasteiger partial charge in [-0.1, -0.05) is 140 Å². The molecule has 5 heteroatoms. The van der Waals surface area contributed by atoms with Gasteiger partial charge in [-0.15, -0.1) is 0 Å². The Morgan fingerprint density at radius 1 is 0.364 bits per heavy atom. The second-order valence-electron chi connectivity index (χ2n) is 14.0. The monoisotopic (exact) mass is 701 g/mol. The molecule has 4 heterocycles. The summed E-state index contributed by atoms with van der Waals surface area (Å²) in [4.78, 5) is 20.6. The zero-order chi connectivity index (χ0) is 36.3. The van der Waals surface area contributed by atoms with Gasteiger partial charge < -0.3 is 0 Å². The van der Waals surface area contributed by atoms with Crippen LogP contribution in [0.2, 0.25) is 0 Å². The molecule has 7 aromatic carbocycles. The van der Waals surface area contributed by atoms with E-state index < -0.39 is 0 Å². The summed E-state index contributed by atoms with van der Waals surface area (Å²) in [5.41, 5.74) is 12.8. The normalized spacial score (nSPS) is 11.6. The predicted molar refractivity (Wildman–Crippen MR) is 226 cm³/mol. The Kier molecular flexibility index (Phi) is 7.10. The first-order valence-corrected chi connectivity index (χ1v) is 18.5. The summed E-state index contributed by atoms with van der Waals surface area (Å²) in [6.07, 6.45) is 2.06. The van der Waals surface area contributed by atoms with Gasteiger partial charge in [0.25, 0.3) is 0 Å². The Morgan fingerprint density at radius 3 is 1.69 bits per heavy atom.